The van der Waals surface area contributed by atoms with E-state index in [-0.39, 0.29) is 18.1 Å². The van der Waals surface area contributed by atoms with Crippen molar-refractivity contribution in [2.24, 2.45) is 11.7 Å². The molecule has 0 aromatic heterocycles. The second-order valence-corrected chi connectivity index (χ2v) is 7.32. The molecule has 2 rings (SSSR count). The summed E-state index contributed by atoms with van der Waals surface area (Å²) in [5.41, 5.74) is 7.10. The van der Waals surface area contributed by atoms with E-state index in [0.717, 1.165) is 16.7 Å². The Morgan fingerprint density at radius 2 is 2.12 bits per heavy atom. The van der Waals surface area contributed by atoms with Gasteiger partial charge in [-0.15, -0.1) is 0 Å². The third kappa shape index (κ3) is 4.25. The van der Waals surface area contributed by atoms with Gasteiger partial charge in [-0.05, 0) is 55.6 Å². The first-order valence-electron chi connectivity index (χ1n) is 8.91. The number of carbonyl (C=O) groups is 2. The molecule has 0 radical (unpaired) electrons. The standard InChI is InChI=1S/C18H27BN2O5/c1-11(20)16(22)21-10-12-5-6-13-9-14(4-3-7-19(25)26)18(2,17(23)24)15(13)8-12/h5-6,8,11,14,25-26H,3-4,7,9-10,20H2,1-2H3,(H,21,22)(H,23,24)/t11-,14-,18-/m0/s1. The molecule has 3 atom stereocenters. The molecule has 1 amide bonds. The lowest BCUT2D eigenvalue weighted by molar-refractivity contribution is -0.145. The highest BCUT2D eigenvalue weighted by molar-refractivity contribution is 6.40. The summed E-state index contributed by atoms with van der Waals surface area (Å²) in [5, 5.41) is 30.7. The Balaban J connectivity index is 2.19. The molecule has 0 fully saturated rings. The topological polar surface area (TPSA) is 133 Å². The number of carboxylic acids is 1. The van der Waals surface area contributed by atoms with Crippen molar-refractivity contribution in [1.29, 1.82) is 0 Å². The lowest BCUT2D eigenvalue weighted by atomic mass is 9.72. The Kier molecular flexibility index (Phi) is 6.44. The van der Waals surface area contributed by atoms with Crippen molar-refractivity contribution in [2.45, 2.75) is 57.4 Å². The Labute approximate surface area is 153 Å². The van der Waals surface area contributed by atoms with Gasteiger partial charge in [-0.2, -0.15) is 0 Å². The van der Waals surface area contributed by atoms with Crippen molar-refractivity contribution >= 4 is 19.0 Å². The number of fused-ring (bicyclic) bond motifs is 1. The molecule has 0 unspecified atom stereocenters. The highest BCUT2D eigenvalue weighted by Gasteiger charge is 2.48. The Morgan fingerprint density at radius 3 is 2.69 bits per heavy atom. The number of nitrogens with one attached hydrogen (secondary N) is 1. The summed E-state index contributed by atoms with van der Waals surface area (Å²) in [4.78, 5) is 23.7. The zero-order valence-corrected chi connectivity index (χ0v) is 15.2. The number of benzene rings is 1. The average Bonchev–Trinajstić information content (AvgIpc) is 2.85. The van der Waals surface area contributed by atoms with Crippen LogP contribution in [0, 0.1) is 5.92 Å². The second-order valence-electron chi connectivity index (χ2n) is 7.32. The second kappa shape index (κ2) is 8.20. The van der Waals surface area contributed by atoms with Crippen molar-refractivity contribution in [3.63, 3.8) is 0 Å². The Hall–Kier alpha value is -1.90. The van der Waals surface area contributed by atoms with Crippen molar-refractivity contribution in [2.75, 3.05) is 0 Å². The summed E-state index contributed by atoms with van der Waals surface area (Å²) >= 11 is 0. The fourth-order valence-electron chi connectivity index (χ4n) is 3.66. The lowest BCUT2D eigenvalue weighted by Gasteiger charge is -2.28. The van der Waals surface area contributed by atoms with Gasteiger partial charge >= 0.3 is 13.1 Å². The van der Waals surface area contributed by atoms with Gasteiger partial charge in [0.15, 0.2) is 0 Å². The number of hydrogen-bond acceptors (Lipinski definition) is 5. The molecule has 0 bridgehead atoms. The first kappa shape index (κ1) is 20.4. The summed E-state index contributed by atoms with van der Waals surface area (Å²) in [6, 6.07) is 5.07. The number of nitrogens with two attached hydrogens (primary N) is 1. The van der Waals surface area contributed by atoms with Crippen LogP contribution in [0.4, 0.5) is 0 Å². The predicted molar refractivity (Wildman–Crippen MR) is 98.4 cm³/mol. The monoisotopic (exact) mass is 362 g/mol. The first-order valence-corrected chi connectivity index (χ1v) is 8.91. The van der Waals surface area contributed by atoms with E-state index >= 15 is 0 Å². The van der Waals surface area contributed by atoms with Crippen LogP contribution in [0.25, 0.3) is 0 Å². The molecule has 0 spiro atoms. The number of rotatable bonds is 8. The molecule has 1 aliphatic rings. The van der Waals surface area contributed by atoms with Gasteiger partial charge in [0.25, 0.3) is 0 Å². The van der Waals surface area contributed by atoms with Crippen molar-refractivity contribution in [3.05, 3.63) is 34.9 Å². The number of aliphatic carboxylic acids is 1. The SMILES string of the molecule is C[C@H](N)C(=O)NCc1ccc2c(c1)[C@@](C)(C(=O)O)[C@@H](CCCB(O)O)C2. The minimum absolute atomic E-state index is 0.109. The molecule has 0 saturated heterocycles. The van der Waals surface area contributed by atoms with Crippen LogP contribution in [-0.2, 0) is 28.0 Å². The van der Waals surface area contributed by atoms with Crippen LogP contribution in [0.2, 0.25) is 6.32 Å². The zero-order chi connectivity index (χ0) is 19.5. The fourth-order valence-corrected chi connectivity index (χ4v) is 3.66. The molecular formula is C18H27BN2O5. The lowest BCUT2D eigenvalue weighted by Crippen LogP contribution is -2.38. The number of carbonyl (C=O) groups excluding carboxylic acids is 1. The van der Waals surface area contributed by atoms with E-state index in [0.29, 0.717) is 25.8 Å². The predicted octanol–water partition coefficient (Wildman–Crippen LogP) is 0.418. The summed E-state index contributed by atoms with van der Waals surface area (Å²) in [6.07, 6.45) is 2.03. The third-order valence-corrected chi connectivity index (χ3v) is 5.36. The summed E-state index contributed by atoms with van der Waals surface area (Å²) in [7, 11) is -1.37. The van der Waals surface area contributed by atoms with Crippen molar-refractivity contribution < 1.29 is 24.7 Å². The largest absolute Gasteiger partial charge is 0.481 e. The molecule has 6 N–H and O–H groups in total. The highest BCUT2D eigenvalue weighted by Crippen LogP contribution is 2.46. The Bertz CT molecular complexity index is 680. The fraction of sp³-hybridized carbons (Fsp3) is 0.556. The third-order valence-electron chi connectivity index (χ3n) is 5.36. The van der Waals surface area contributed by atoms with E-state index in [4.69, 9.17) is 15.8 Å². The molecule has 0 saturated carbocycles. The van der Waals surface area contributed by atoms with Crippen molar-refractivity contribution in [1.82, 2.24) is 5.32 Å². The van der Waals surface area contributed by atoms with Crippen LogP contribution in [0.5, 0.6) is 0 Å². The van der Waals surface area contributed by atoms with Gasteiger partial charge in [0.1, 0.15) is 0 Å². The van der Waals surface area contributed by atoms with E-state index < -0.39 is 24.5 Å². The van der Waals surface area contributed by atoms with Crippen LogP contribution < -0.4 is 11.1 Å². The van der Waals surface area contributed by atoms with Gasteiger partial charge in [0, 0.05) is 6.54 Å². The Morgan fingerprint density at radius 1 is 1.42 bits per heavy atom. The molecule has 7 nitrogen and oxygen atoms in total. The molecule has 26 heavy (non-hydrogen) atoms. The normalized spacial score (nSPS) is 22.6. The van der Waals surface area contributed by atoms with Gasteiger partial charge in [0.05, 0.1) is 11.5 Å². The van der Waals surface area contributed by atoms with E-state index in [1.165, 1.54) is 0 Å². The minimum atomic E-state index is -1.37. The maximum Gasteiger partial charge on any atom is 0.451 e. The molecular weight excluding hydrogens is 335 g/mol. The molecule has 0 aliphatic heterocycles. The van der Waals surface area contributed by atoms with Gasteiger partial charge in [0.2, 0.25) is 5.91 Å². The van der Waals surface area contributed by atoms with E-state index in [1.807, 2.05) is 18.2 Å². The molecule has 1 aliphatic carbocycles. The van der Waals surface area contributed by atoms with Gasteiger partial charge in [-0.1, -0.05) is 24.6 Å². The maximum atomic E-state index is 12.1. The molecule has 142 valence electrons. The van der Waals surface area contributed by atoms with Gasteiger partial charge in [-0.3, -0.25) is 9.59 Å². The molecule has 8 heteroatoms. The summed E-state index contributed by atoms with van der Waals surface area (Å²) in [5.74, 6) is -1.25. The molecule has 1 aromatic carbocycles. The summed E-state index contributed by atoms with van der Waals surface area (Å²) in [6.45, 7) is 3.63. The zero-order valence-electron chi connectivity index (χ0n) is 15.2. The quantitative estimate of drug-likeness (QED) is 0.426. The van der Waals surface area contributed by atoms with Crippen LogP contribution in [0.1, 0.15) is 43.4 Å². The molecule has 0 heterocycles. The highest BCUT2D eigenvalue weighted by atomic mass is 16.4. The van der Waals surface area contributed by atoms with E-state index in [2.05, 4.69) is 5.32 Å². The number of hydrogen-bond donors (Lipinski definition) is 5. The van der Waals surface area contributed by atoms with E-state index in [9.17, 15) is 14.7 Å². The van der Waals surface area contributed by atoms with Crippen LogP contribution >= 0.6 is 0 Å². The van der Waals surface area contributed by atoms with Crippen molar-refractivity contribution in [3.8, 4) is 0 Å². The molecule has 1 aromatic rings. The average molecular weight is 362 g/mol. The van der Waals surface area contributed by atoms with Crippen LogP contribution in [0.15, 0.2) is 18.2 Å². The summed E-state index contributed by atoms with van der Waals surface area (Å²) < 4.78 is 0. The van der Waals surface area contributed by atoms with Gasteiger partial charge in [-0.25, -0.2) is 0 Å². The van der Waals surface area contributed by atoms with Crippen LogP contribution in [0.3, 0.4) is 0 Å². The smallest absolute Gasteiger partial charge is 0.451 e. The number of amides is 1. The first-order chi connectivity index (χ1) is 12.2. The van der Waals surface area contributed by atoms with E-state index in [1.54, 1.807) is 13.8 Å². The maximum absolute atomic E-state index is 12.1. The van der Waals surface area contributed by atoms with Crippen LogP contribution in [-0.4, -0.2) is 40.2 Å². The van der Waals surface area contributed by atoms with Gasteiger partial charge < -0.3 is 26.2 Å². The minimum Gasteiger partial charge on any atom is -0.481 e. The number of carboxylic acid groups (broad SMARTS) is 1.